The molecule has 0 aromatic heterocycles. The van der Waals surface area contributed by atoms with Gasteiger partial charge in [0.25, 0.3) is 0 Å². The average Bonchev–Trinajstić information content (AvgIpc) is 2.97. The van der Waals surface area contributed by atoms with Gasteiger partial charge in [-0.05, 0) is 83.1 Å². The van der Waals surface area contributed by atoms with Gasteiger partial charge < -0.3 is 9.84 Å². The van der Waals surface area contributed by atoms with Crippen molar-refractivity contribution in [2.24, 2.45) is 0 Å². The number of ether oxygens (including phenoxy) is 1. The summed E-state index contributed by atoms with van der Waals surface area (Å²) < 4.78 is 5.87. The van der Waals surface area contributed by atoms with Crippen molar-refractivity contribution in [3.05, 3.63) is 48.6 Å². The van der Waals surface area contributed by atoms with Crippen molar-refractivity contribution in [3.8, 4) is 0 Å². The van der Waals surface area contributed by atoms with Crippen LogP contribution in [0.2, 0.25) is 0 Å². The fourth-order valence-electron chi connectivity index (χ4n) is 4.87. The summed E-state index contributed by atoms with van der Waals surface area (Å²) in [5.74, 6) is -0.777. The number of carbonyl (C=O) groups is 2. The van der Waals surface area contributed by atoms with Crippen LogP contribution >= 0.6 is 0 Å². The van der Waals surface area contributed by atoms with Crippen LogP contribution in [0.1, 0.15) is 174 Å². The van der Waals surface area contributed by atoms with E-state index in [2.05, 4.69) is 62.5 Å². The molecule has 0 aromatic rings. The third-order valence-corrected chi connectivity index (χ3v) is 7.51. The van der Waals surface area contributed by atoms with Crippen molar-refractivity contribution in [2.75, 3.05) is 0 Å². The standard InChI is InChI=1S/C38H66O4/c1-3-5-7-9-11-13-14-15-16-17-18-19-21-27-31-35-38(41)42-36(32-28-24-20-12-10-8-6-4-2)33-29-25-22-23-26-30-34-37(39)40/h11-13,15-16,20,28,32,36H,3-10,14,17-19,21-27,29-31,33-35H2,1-2H3,(H,39,40)/b13-11-,16-15-,20-12-,32-28-. The molecule has 0 aromatic carbocycles. The van der Waals surface area contributed by atoms with Crippen LogP contribution in [0, 0.1) is 0 Å². The Balaban J connectivity index is 4.15. The van der Waals surface area contributed by atoms with Gasteiger partial charge in [0.1, 0.15) is 6.10 Å². The monoisotopic (exact) mass is 586 g/mol. The first-order chi connectivity index (χ1) is 20.6. The van der Waals surface area contributed by atoms with Gasteiger partial charge in [-0.25, -0.2) is 0 Å². The number of unbranched alkanes of at least 4 members (excludes halogenated alkanes) is 16. The molecule has 0 rings (SSSR count). The summed E-state index contributed by atoms with van der Waals surface area (Å²) in [6, 6.07) is 0. The molecule has 4 heteroatoms. The predicted molar refractivity (Wildman–Crippen MR) is 181 cm³/mol. The molecule has 0 heterocycles. The Bertz CT molecular complexity index is 719. The Hall–Kier alpha value is -2.10. The normalized spacial score (nSPS) is 12.8. The summed E-state index contributed by atoms with van der Waals surface area (Å²) in [4.78, 5) is 23.2. The van der Waals surface area contributed by atoms with Gasteiger partial charge >= 0.3 is 11.9 Å². The molecule has 1 atom stereocenters. The van der Waals surface area contributed by atoms with E-state index in [1.165, 1.54) is 64.2 Å². The van der Waals surface area contributed by atoms with E-state index in [0.717, 1.165) is 83.5 Å². The van der Waals surface area contributed by atoms with Crippen molar-refractivity contribution in [3.63, 3.8) is 0 Å². The second-order valence-electron chi connectivity index (χ2n) is 11.7. The fourth-order valence-corrected chi connectivity index (χ4v) is 4.87. The molecule has 1 unspecified atom stereocenters. The summed E-state index contributed by atoms with van der Waals surface area (Å²) in [5.41, 5.74) is 0. The fraction of sp³-hybridized carbons (Fsp3) is 0.737. The van der Waals surface area contributed by atoms with E-state index in [9.17, 15) is 9.59 Å². The van der Waals surface area contributed by atoms with Crippen molar-refractivity contribution < 1.29 is 19.4 Å². The van der Waals surface area contributed by atoms with Gasteiger partial charge in [0.15, 0.2) is 0 Å². The highest BCUT2D eigenvalue weighted by molar-refractivity contribution is 5.69. The van der Waals surface area contributed by atoms with Crippen LogP contribution in [-0.4, -0.2) is 23.1 Å². The Morgan fingerprint density at radius 1 is 0.548 bits per heavy atom. The molecule has 1 N–H and O–H groups in total. The zero-order chi connectivity index (χ0) is 30.8. The molecule has 0 spiro atoms. The Morgan fingerprint density at radius 2 is 1.00 bits per heavy atom. The van der Waals surface area contributed by atoms with Gasteiger partial charge in [0.05, 0.1) is 0 Å². The highest BCUT2D eigenvalue weighted by Crippen LogP contribution is 2.15. The van der Waals surface area contributed by atoms with Crippen LogP contribution in [0.5, 0.6) is 0 Å². The molecule has 0 fully saturated rings. The molecule has 242 valence electrons. The molecule has 0 aliphatic heterocycles. The number of hydrogen-bond donors (Lipinski definition) is 1. The summed E-state index contributed by atoms with van der Waals surface area (Å²) in [7, 11) is 0. The van der Waals surface area contributed by atoms with Gasteiger partial charge in [-0.1, -0.05) is 127 Å². The summed E-state index contributed by atoms with van der Waals surface area (Å²) in [5, 5.41) is 8.75. The van der Waals surface area contributed by atoms with Gasteiger partial charge in [-0.2, -0.15) is 0 Å². The topological polar surface area (TPSA) is 63.6 Å². The van der Waals surface area contributed by atoms with Crippen molar-refractivity contribution in [2.45, 2.75) is 180 Å². The minimum atomic E-state index is -0.706. The Morgan fingerprint density at radius 3 is 1.55 bits per heavy atom. The lowest BCUT2D eigenvalue weighted by atomic mass is 10.1. The second-order valence-corrected chi connectivity index (χ2v) is 11.7. The van der Waals surface area contributed by atoms with Crippen LogP contribution < -0.4 is 0 Å². The third kappa shape index (κ3) is 32.4. The van der Waals surface area contributed by atoms with E-state index < -0.39 is 5.97 Å². The molecule has 0 saturated heterocycles. The highest BCUT2D eigenvalue weighted by Gasteiger charge is 2.11. The number of carboxylic acids is 1. The van der Waals surface area contributed by atoms with E-state index in [4.69, 9.17) is 9.84 Å². The smallest absolute Gasteiger partial charge is 0.306 e. The second kappa shape index (κ2) is 33.4. The lowest BCUT2D eigenvalue weighted by Crippen LogP contribution is -2.16. The maximum atomic E-state index is 12.6. The van der Waals surface area contributed by atoms with Crippen LogP contribution in [0.4, 0.5) is 0 Å². The number of carboxylic acid groups (broad SMARTS) is 1. The van der Waals surface area contributed by atoms with Crippen LogP contribution in [0.25, 0.3) is 0 Å². The number of esters is 1. The van der Waals surface area contributed by atoms with Crippen molar-refractivity contribution in [1.82, 2.24) is 0 Å². The Labute approximate surface area is 260 Å². The Kier molecular flexibility index (Phi) is 31.7. The molecule has 0 bridgehead atoms. The van der Waals surface area contributed by atoms with Crippen LogP contribution in [-0.2, 0) is 14.3 Å². The van der Waals surface area contributed by atoms with Gasteiger partial charge in [-0.3, -0.25) is 9.59 Å². The van der Waals surface area contributed by atoms with Crippen molar-refractivity contribution >= 4 is 11.9 Å². The van der Waals surface area contributed by atoms with Crippen LogP contribution in [0.15, 0.2) is 48.6 Å². The lowest BCUT2D eigenvalue weighted by molar-refractivity contribution is -0.147. The zero-order valence-corrected chi connectivity index (χ0v) is 27.5. The summed E-state index contributed by atoms with van der Waals surface area (Å²) in [6.07, 6.45) is 44.2. The van der Waals surface area contributed by atoms with Gasteiger partial charge in [0.2, 0.25) is 0 Å². The zero-order valence-electron chi connectivity index (χ0n) is 27.5. The first-order valence-electron chi connectivity index (χ1n) is 17.6. The minimum Gasteiger partial charge on any atom is -0.481 e. The van der Waals surface area contributed by atoms with Gasteiger partial charge in [0, 0.05) is 12.8 Å². The molecular weight excluding hydrogens is 520 g/mol. The molecule has 0 radical (unpaired) electrons. The van der Waals surface area contributed by atoms with Gasteiger partial charge in [-0.15, -0.1) is 0 Å². The predicted octanol–water partition coefficient (Wildman–Crippen LogP) is 12.0. The van der Waals surface area contributed by atoms with Crippen molar-refractivity contribution in [1.29, 1.82) is 0 Å². The maximum absolute atomic E-state index is 12.6. The average molecular weight is 587 g/mol. The number of hydrogen-bond acceptors (Lipinski definition) is 3. The quantitative estimate of drug-likeness (QED) is 0.0498. The van der Waals surface area contributed by atoms with E-state index in [1.807, 2.05) is 0 Å². The molecule has 0 aliphatic rings. The highest BCUT2D eigenvalue weighted by atomic mass is 16.5. The largest absolute Gasteiger partial charge is 0.481 e. The molecule has 42 heavy (non-hydrogen) atoms. The summed E-state index contributed by atoms with van der Waals surface area (Å²) in [6.45, 7) is 4.47. The SMILES string of the molecule is CCCCC/C=C\C/C=C\CCCCCCCC(=O)OC(/C=C\C/C=C\CCCCC)CCCCCCCCC(=O)O. The van der Waals surface area contributed by atoms with E-state index >= 15 is 0 Å². The molecule has 0 saturated carbocycles. The first kappa shape index (κ1) is 39.9. The number of aliphatic carboxylic acids is 1. The van der Waals surface area contributed by atoms with E-state index in [-0.39, 0.29) is 18.5 Å². The maximum Gasteiger partial charge on any atom is 0.306 e. The first-order valence-corrected chi connectivity index (χ1v) is 17.6. The molecular formula is C38H66O4. The molecule has 4 nitrogen and oxygen atoms in total. The van der Waals surface area contributed by atoms with E-state index in [0.29, 0.717) is 6.42 Å². The lowest BCUT2D eigenvalue weighted by Gasteiger charge is -2.14. The van der Waals surface area contributed by atoms with Crippen LogP contribution in [0.3, 0.4) is 0 Å². The number of allylic oxidation sites excluding steroid dienone is 7. The number of carbonyl (C=O) groups excluding carboxylic acids is 1. The summed E-state index contributed by atoms with van der Waals surface area (Å²) >= 11 is 0. The minimum absolute atomic E-state index is 0.0703. The number of rotatable bonds is 31. The third-order valence-electron chi connectivity index (χ3n) is 7.51. The molecule has 0 aliphatic carbocycles. The molecule has 0 amide bonds. The van der Waals surface area contributed by atoms with E-state index in [1.54, 1.807) is 0 Å².